The Bertz CT molecular complexity index is 597. The first-order valence-electron chi connectivity index (χ1n) is 5.56. The molecule has 0 aliphatic carbocycles. The maximum atomic E-state index is 12.0. The van der Waals surface area contributed by atoms with Crippen LogP contribution in [0.2, 0.25) is 5.02 Å². The summed E-state index contributed by atoms with van der Waals surface area (Å²) in [5, 5.41) is 5.80. The normalized spacial score (nSPS) is 9.74. The summed E-state index contributed by atoms with van der Waals surface area (Å²) in [6, 6.07) is 13.5. The highest BCUT2D eigenvalue weighted by atomic mass is 35.5. The lowest BCUT2D eigenvalue weighted by Crippen LogP contribution is -2.11. The minimum atomic E-state index is -0.236. The van der Waals surface area contributed by atoms with Gasteiger partial charge in [0.25, 0.3) is 5.91 Å². The highest BCUT2D eigenvalue weighted by molar-refractivity contribution is 6.30. The van der Waals surface area contributed by atoms with E-state index in [-0.39, 0.29) is 5.91 Å². The molecule has 0 aliphatic rings. The quantitative estimate of drug-likeness (QED) is 0.842. The molecule has 5 heteroatoms. The van der Waals surface area contributed by atoms with Gasteiger partial charge in [0.1, 0.15) is 0 Å². The van der Waals surface area contributed by atoms with E-state index in [1.807, 2.05) is 0 Å². The highest BCUT2D eigenvalue weighted by Gasteiger charge is 2.06. The Labute approximate surface area is 115 Å². The number of benzene rings is 2. The first kappa shape index (κ1) is 13.1. The molecular formula is C14H11ClN2O2. The van der Waals surface area contributed by atoms with Crippen LogP contribution in [0, 0.1) is 0 Å². The van der Waals surface area contributed by atoms with Crippen molar-refractivity contribution >= 4 is 35.3 Å². The zero-order chi connectivity index (χ0) is 13.7. The van der Waals surface area contributed by atoms with Gasteiger partial charge in [0.15, 0.2) is 0 Å². The average molecular weight is 275 g/mol. The Kier molecular flexibility index (Phi) is 4.15. The van der Waals surface area contributed by atoms with Crippen molar-refractivity contribution in [1.82, 2.24) is 0 Å². The highest BCUT2D eigenvalue weighted by Crippen LogP contribution is 2.16. The van der Waals surface area contributed by atoms with Crippen LogP contribution in [-0.4, -0.2) is 12.3 Å². The number of amides is 2. The van der Waals surface area contributed by atoms with Gasteiger partial charge in [-0.3, -0.25) is 9.59 Å². The van der Waals surface area contributed by atoms with Crippen LogP contribution in [-0.2, 0) is 4.79 Å². The van der Waals surface area contributed by atoms with Crippen LogP contribution in [0.5, 0.6) is 0 Å². The van der Waals surface area contributed by atoms with Crippen molar-refractivity contribution in [3.05, 3.63) is 59.1 Å². The fourth-order valence-electron chi connectivity index (χ4n) is 1.56. The summed E-state index contributed by atoms with van der Waals surface area (Å²) >= 11 is 5.84. The molecular weight excluding hydrogens is 264 g/mol. The minimum Gasteiger partial charge on any atom is -0.329 e. The molecule has 19 heavy (non-hydrogen) atoms. The summed E-state index contributed by atoms with van der Waals surface area (Å²) in [5.41, 5.74) is 1.76. The fourth-order valence-corrected chi connectivity index (χ4v) is 1.75. The Hall–Kier alpha value is -2.33. The van der Waals surface area contributed by atoms with E-state index >= 15 is 0 Å². The number of rotatable bonds is 4. The zero-order valence-corrected chi connectivity index (χ0v) is 10.6. The molecule has 0 aromatic heterocycles. The van der Waals surface area contributed by atoms with Crippen molar-refractivity contribution in [2.75, 3.05) is 10.6 Å². The van der Waals surface area contributed by atoms with Crippen LogP contribution in [0.3, 0.4) is 0 Å². The number of carbonyl (C=O) groups excluding carboxylic acids is 2. The van der Waals surface area contributed by atoms with Crippen LogP contribution in [0.4, 0.5) is 11.4 Å². The zero-order valence-electron chi connectivity index (χ0n) is 9.89. The predicted molar refractivity (Wildman–Crippen MR) is 75.5 cm³/mol. The predicted octanol–water partition coefficient (Wildman–Crippen LogP) is 3.16. The molecule has 0 atom stereocenters. The Morgan fingerprint density at radius 1 is 1.05 bits per heavy atom. The summed E-state index contributed by atoms with van der Waals surface area (Å²) < 4.78 is 0. The molecule has 0 saturated carbocycles. The molecule has 0 fully saturated rings. The molecule has 2 amide bonds. The molecule has 96 valence electrons. The molecule has 0 aliphatic heterocycles. The van der Waals surface area contributed by atoms with E-state index in [1.165, 1.54) is 0 Å². The van der Waals surface area contributed by atoms with Crippen molar-refractivity contribution in [3.8, 4) is 0 Å². The van der Waals surface area contributed by atoms with Crippen molar-refractivity contribution < 1.29 is 9.59 Å². The molecule has 0 heterocycles. The molecule has 4 nitrogen and oxygen atoms in total. The number of carbonyl (C=O) groups is 2. The third kappa shape index (κ3) is 3.56. The van der Waals surface area contributed by atoms with Gasteiger partial charge >= 0.3 is 0 Å². The lowest BCUT2D eigenvalue weighted by molar-refractivity contribution is -0.105. The largest absolute Gasteiger partial charge is 0.329 e. The third-order valence-corrected chi connectivity index (χ3v) is 2.69. The first-order chi connectivity index (χ1) is 9.19. The van der Waals surface area contributed by atoms with E-state index < -0.39 is 0 Å². The van der Waals surface area contributed by atoms with E-state index in [1.54, 1.807) is 48.5 Å². The van der Waals surface area contributed by atoms with Gasteiger partial charge in [-0.2, -0.15) is 0 Å². The average Bonchev–Trinajstić information content (AvgIpc) is 2.40. The SMILES string of the molecule is O=CNc1ccc(C(=O)Nc2cccc(Cl)c2)cc1. The number of hydrogen-bond acceptors (Lipinski definition) is 2. The van der Waals surface area contributed by atoms with Gasteiger partial charge in [-0.25, -0.2) is 0 Å². The van der Waals surface area contributed by atoms with E-state index in [2.05, 4.69) is 10.6 Å². The van der Waals surface area contributed by atoms with Crippen LogP contribution in [0.15, 0.2) is 48.5 Å². The van der Waals surface area contributed by atoms with Gasteiger partial charge in [-0.05, 0) is 42.5 Å². The minimum absolute atomic E-state index is 0.236. The summed E-state index contributed by atoms with van der Waals surface area (Å²) in [7, 11) is 0. The number of hydrogen-bond donors (Lipinski definition) is 2. The smallest absolute Gasteiger partial charge is 0.255 e. The van der Waals surface area contributed by atoms with Crippen LogP contribution >= 0.6 is 11.6 Å². The van der Waals surface area contributed by atoms with Crippen LogP contribution in [0.1, 0.15) is 10.4 Å². The van der Waals surface area contributed by atoms with Crippen LogP contribution in [0.25, 0.3) is 0 Å². The lowest BCUT2D eigenvalue weighted by Gasteiger charge is -2.06. The van der Waals surface area contributed by atoms with Crippen molar-refractivity contribution in [3.63, 3.8) is 0 Å². The Morgan fingerprint density at radius 3 is 2.42 bits per heavy atom. The molecule has 0 spiro atoms. The van der Waals surface area contributed by atoms with Gasteiger partial charge < -0.3 is 10.6 Å². The summed E-state index contributed by atoms with van der Waals surface area (Å²) in [6.07, 6.45) is 0.584. The van der Waals surface area contributed by atoms with E-state index in [0.717, 1.165) is 0 Å². The molecule has 0 bridgehead atoms. The van der Waals surface area contributed by atoms with Gasteiger partial charge in [0, 0.05) is 22.0 Å². The van der Waals surface area contributed by atoms with Gasteiger partial charge in [0.2, 0.25) is 6.41 Å². The first-order valence-corrected chi connectivity index (χ1v) is 5.94. The summed E-state index contributed by atoms with van der Waals surface area (Å²) in [6.45, 7) is 0. The molecule has 2 aromatic carbocycles. The Morgan fingerprint density at radius 2 is 1.79 bits per heavy atom. The molecule has 0 radical (unpaired) electrons. The monoisotopic (exact) mass is 274 g/mol. The van der Waals surface area contributed by atoms with E-state index in [9.17, 15) is 9.59 Å². The Balaban J connectivity index is 2.09. The van der Waals surface area contributed by atoms with Crippen molar-refractivity contribution in [2.45, 2.75) is 0 Å². The molecule has 2 rings (SSSR count). The molecule has 2 N–H and O–H groups in total. The summed E-state index contributed by atoms with van der Waals surface area (Å²) in [5.74, 6) is -0.236. The maximum absolute atomic E-state index is 12.0. The second-order valence-electron chi connectivity index (χ2n) is 3.80. The lowest BCUT2D eigenvalue weighted by atomic mass is 10.2. The summed E-state index contributed by atoms with van der Waals surface area (Å²) in [4.78, 5) is 22.2. The van der Waals surface area contributed by atoms with E-state index in [0.29, 0.717) is 28.4 Å². The number of halogens is 1. The standard InChI is InChI=1S/C14H11ClN2O2/c15-11-2-1-3-13(8-11)17-14(19)10-4-6-12(7-5-10)16-9-18/h1-9H,(H,16,18)(H,17,19). The van der Waals surface area contributed by atoms with Gasteiger partial charge in [0.05, 0.1) is 0 Å². The van der Waals surface area contributed by atoms with Gasteiger partial charge in [-0.1, -0.05) is 17.7 Å². The van der Waals surface area contributed by atoms with Gasteiger partial charge in [-0.15, -0.1) is 0 Å². The van der Waals surface area contributed by atoms with Crippen LogP contribution < -0.4 is 10.6 Å². The second kappa shape index (κ2) is 6.02. The molecule has 0 saturated heterocycles. The number of anilines is 2. The maximum Gasteiger partial charge on any atom is 0.255 e. The second-order valence-corrected chi connectivity index (χ2v) is 4.24. The third-order valence-electron chi connectivity index (χ3n) is 2.46. The van der Waals surface area contributed by atoms with Crippen molar-refractivity contribution in [1.29, 1.82) is 0 Å². The topological polar surface area (TPSA) is 58.2 Å². The molecule has 0 unspecified atom stereocenters. The van der Waals surface area contributed by atoms with E-state index in [4.69, 9.17) is 11.6 Å². The fraction of sp³-hybridized carbons (Fsp3) is 0. The number of nitrogens with one attached hydrogen (secondary N) is 2. The molecule has 2 aromatic rings. The van der Waals surface area contributed by atoms with Crippen molar-refractivity contribution in [2.24, 2.45) is 0 Å².